The summed E-state index contributed by atoms with van der Waals surface area (Å²) in [6, 6.07) is 8.21. The number of benzene rings is 1. The smallest absolute Gasteiger partial charge is 0.221 e. The SMILES string of the molecule is CCS(=O)C1CCCC(NC(=NC)NCCc2ccc(NC(C)=O)cc2)C1.I. The zero-order chi connectivity index (χ0) is 19.6. The van der Waals surface area contributed by atoms with Gasteiger partial charge in [-0.25, -0.2) is 0 Å². The van der Waals surface area contributed by atoms with Crippen molar-refractivity contribution in [2.45, 2.75) is 57.2 Å². The number of nitrogens with zero attached hydrogens (tertiary/aromatic N) is 1. The van der Waals surface area contributed by atoms with Crippen LogP contribution < -0.4 is 16.0 Å². The van der Waals surface area contributed by atoms with Gasteiger partial charge in [-0.05, 0) is 43.4 Å². The fraction of sp³-hybridized carbons (Fsp3) is 0.600. The fourth-order valence-electron chi connectivity index (χ4n) is 3.42. The summed E-state index contributed by atoms with van der Waals surface area (Å²) in [7, 11) is 1.07. The first-order valence-electron chi connectivity index (χ1n) is 9.72. The predicted molar refractivity (Wildman–Crippen MR) is 129 cm³/mol. The molecule has 0 spiro atoms. The lowest BCUT2D eigenvalue weighted by molar-refractivity contribution is -0.114. The van der Waals surface area contributed by atoms with Crippen molar-refractivity contribution >= 4 is 52.3 Å². The molecular formula is C20H33IN4O2S. The predicted octanol–water partition coefficient (Wildman–Crippen LogP) is 3.05. The number of hydrogen-bond acceptors (Lipinski definition) is 3. The van der Waals surface area contributed by atoms with Crippen LogP contribution in [0, 0.1) is 0 Å². The molecule has 1 aromatic rings. The number of halogens is 1. The maximum absolute atomic E-state index is 12.1. The van der Waals surface area contributed by atoms with Gasteiger partial charge >= 0.3 is 0 Å². The van der Waals surface area contributed by atoms with Crippen molar-refractivity contribution < 1.29 is 9.00 Å². The highest BCUT2D eigenvalue weighted by Crippen LogP contribution is 2.23. The number of carbonyl (C=O) groups excluding carboxylic acids is 1. The van der Waals surface area contributed by atoms with E-state index in [1.807, 2.05) is 31.2 Å². The molecule has 0 bridgehead atoms. The molecule has 0 heterocycles. The van der Waals surface area contributed by atoms with Crippen LogP contribution in [0.5, 0.6) is 0 Å². The molecule has 8 heteroatoms. The van der Waals surface area contributed by atoms with Crippen LogP contribution in [-0.2, 0) is 22.0 Å². The van der Waals surface area contributed by atoms with Gasteiger partial charge in [0.1, 0.15) is 0 Å². The van der Waals surface area contributed by atoms with Crippen LogP contribution in [0.25, 0.3) is 0 Å². The van der Waals surface area contributed by atoms with Crippen molar-refractivity contribution in [2.75, 3.05) is 24.7 Å². The first-order valence-corrected chi connectivity index (χ1v) is 11.1. The third-order valence-electron chi connectivity index (χ3n) is 4.83. The van der Waals surface area contributed by atoms with E-state index in [9.17, 15) is 9.00 Å². The lowest BCUT2D eigenvalue weighted by Crippen LogP contribution is -2.47. The van der Waals surface area contributed by atoms with E-state index >= 15 is 0 Å². The Hall–Kier alpha value is -1.16. The minimum Gasteiger partial charge on any atom is -0.356 e. The van der Waals surface area contributed by atoms with E-state index in [0.717, 1.165) is 56.0 Å². The summed E-state index contributed by atoms with van der Waals surface area (Å²) in [5.41, 5.74) is 2.01. The molecule has 1 aliphatic rings. The standard InChI is InChI=1S/C20H32N4O2S.HI/c1-4-27(26)19-7-5-6-18(14-19)24-20(21-3)22-13-12-16-8-10-17(11-9-16)23-15(2)25;/h8-11,18-19H,4-7,12-14H2,1-3H3,(H,23,25)(H2,21,22,24);1H. The van der Waals surface area contributed by atoms with Gasteiger partial charge in [0.2, 0.25) is 5.91 Å². The minimum absolute atomic E-state index is 0. The highest BCUT2D eigenvalue weighted by Gasteiger charge is 2.25. The number of carbonyl (C=O) groups is 1. The van der Waals surface area contributed by atoms with Crippen molar-refractivity contribution in [3.05, 3.63) is 29.8 Å². The summed E-state index contributed by atoms with van der Waals surface area (Å²) in [6.45, 7) is 4.28. The molecule has 3 atom stereocenters. The largest absolute Gasteiger partial charge is 0.356 e. The van der Waals surface area contributed by atoms with E-state index in [-0.39, 0.29) is 29.9 Å². The monoisotopic (exact) mass is 520 g/mol. The van der Waals surface area contributed by atoms with Gasteiger partial charge in [0.05, 0.1) is 0 Å². The Bertz CT molecular complexity index is 667. The minimum atomic E-state index is -0.714. The van der Waals surface area contributed by atoms with Gasteiger partial charge in [0.25, 0.3) is 0 Å². The molecule has 3 unspecified atom stereocenters. The van der Waals surface area contributed by atoms with E-state index in [1.165, 1.54) is 12.5 Å². The van der Waals surface area contributed by atoms with Gasteiger partial charge in [0, 0.05) is 54.0 Å². The number of amides is 1. The topological polar surface area (TPSA) is 82.6 Å². The maximum Gasteiger partial charge on any atom is 0.221 e. The molecule has 3 N–H and O–H groups in total. The fourth-order valence-corrected chi connectivity index (χ4v) is 4.77. The van der Waals surface area contributed by atoms with Gasteiger partial charge < -0.3 is 16.0 Å². The Kier molecular flexibility index (Phi) is 11.7. The number of nitrogens with one attached hydrogen (secondary N) is 3. The quantitative estimate of drug-likeness (QED) is 0.293. The molecule has 0 aliphatic heterocycles. The van der Waals surface area contributed by atoms with E-state index in [2.05, 4.69) is 20.9 Å². The van der Waals surface area contributed by atoms with Gasteiger partial charge in [-0.15, -0.1) is 24.0 Å². The van der Waals surface area contributed by atoms with Gasteiger partial charge in [-0.3, -0.25) is 14.0 Å². The lowest BCUT2D eigenvalue weighted by Gasteiger charge is -2.30. The second-order valence-corrected chi connectivity index (χ2v) is 8.93. The zero-order valence-electron chi connectivity index (χ0n) is 17.0. The molecule has 0 aromatic heterocycles. The van der Waals surface area contributed by atoms with Gasteiger partial charge in [0.15, 0.2) is 5.96 Å². The molecule has 1 aromatic carbocycles. The average Bonchev–Trinajstić information content (AvgIpc) is 2.67. The molecule has 1 amide bonds. The van der Waals surface area contributed by atoms with Crippen LogP contribution in [-0.4, -0.2) is 46.7 Å². The van der Waals surface area contributed by atoms with Crippen molar-refractivity contribution in [1.82, 2.24) is 10.6 Å². The zero-order valence-corrected chi connectivity index (χ0v) is 20.1. The third-order valence-corrected chi connectivity index (χ3v) is 6.57. The van der Waals surface area contributed by atoms with Crippen LogP contribution >= 0.6 is 24.0 Å². The van der Waals surface area contributed by atoms with E-state index < -0.39 is 10.8 Å². The summed E-state index contributed by atoms with van der Waals surface area (Å²) in [6.07, 6.45) is 5.10. The van der Waals surface area contributed by atoms with Crippen LogP contribution in [0.3, 0.4) is 0 Å². The van der Waals surface area contributed by atoms with Crippen LogP contribution in [0.1, 0.15) is 45.1 Å². The molecule has 28 heavy (non-hydrogen) atoms. The Balaban J connectivity index is 0.00000392. The molecule has 6 nitrogen and oxygen atoms in total. The summed E-state index contributed by atoms with van der Waals surface area (Å²) >= 11 is 0. The number of hydrogen-bond donors (Lipinski definition) is 3. The number of anilines is 1. The maximum atomic E-state index is 12.1. The molecule has 1 saturated carbocycles. The summed E-state index contributed by atoms with van der Waals surface area (Å²) in [5, 5.41) is 9.93. The molecule has 1 aliphatic carbocycles. The highest BCUT2D eigenvalue weighted by molar-refractivity contribution is 14.0. The van der Waals surface area contributed by atoms with Crippen molar-refractivity contribution in [3.8, 4) is 0 Å². The van der Waals surface area contributed by atoms with Crippen molar-refractivity contribution in [2.24, 2.45) is 4.99 Å². The number of guanidine groups is 1. The molecule has 0 saturated heterocycles. The molecule has 2 rings (SSSR count). The first-order chi connectivity index (χ1) is 13.0. The number of aliphatic imine (C=N–C) groups is 1. The van der Waals surface area contributed by atoms with Gasteiger partial charge in [-0.2, -0.15) is 0 Å². The third kappa shape index (κ3) is 8.46. The molecular weight excluding hydrogens is 487 g/mol. The molecule has 1 fully saturated rings. The highest BCUT2D eigenvalue weighted by atomic mass is 127. The second-order valence-electron chi connectivity index (χ2n) is 6.93. The first kappa shape index (κ1) is 24.9. The summed E-state index contributed by atoms with van der Waals surface area (Å²) in [5.74, 6) is 1.48. The Morgan fingerprint density at radius 1 is 1.25 bits per heavy atom. The summed E-state index contributed by atoms with van der Waals surface area (Å²) in [4.78, 5) is 15.4. The lowest BCUT2D eigenvalue weighted by atomic mass is 9.95. The Morgan fingerprint density at radius 2 is 1.96 bits per heavy atom. The van der Waals surface area contributed by atoms with Crippen LogP contribution in [0.4, 0.5) is 5.69 Å². The van der Waals surface area contributed by atoms with E-state index in [0.29, 0.717) is 11.3 Å². The second kappa shape index (κ2) is 13.1. The molecule has 0 radical (unpaired) electrons. The molecule has 158 valence electrons. The van der Waals surface area contributed by atoms with E-state index in [4.69, 9.17) is 0 Å². The number of rotatable bonds is 7. The van der Waals surface area contributed by atoms with Crippen LogP contribution in [0.15, 0.2) is 29.3 Å². The summed E-state index contributed by atoms with van der Waals surface area (Å²) < 4.78 is 12.1. The normalized spacial score (nSPS) is 20.6. The Morgan fingerprint density at radius 3 is 2.57 bits per heavy atom. The van der Waals surface area contributed by atoms with E-state index in [1.54, 1.807) is 7.05 Å². The average molecular weight is 520 g/mol. The van der Waals surface area contributed by atoms with Crippen LogP contribution in [0.2, 0.25) is 0 Å². The van der Waals surface area contributed by atoms with Gasteiger partial charge in [-0.1, -0.05) is 25.5 Å². The Labute approximate surface area is 188 Å². The van der Waals surface area contributed by atoms with Crippen molar-refractivity contribution in [3.63, 3.8) is 0 Å². The van der Waals surface area contributed by atoms with Crippen molar-refractivity contribution in [1.29, 1.82) is 0 Å².